The van der Waals surface area contributed by atoms with Crippen LogP contribution in [-0.4, -0.2) is 38.2 Å². The molecule has 0 atom stereocenters. The first kappa shape index (κ1) is 8.68. The van der Waals surface area contributed by atoms with Gasteiger partial charge in [0.05, 0.1) is 0 Å². The first-order valence-electron chi connectivity index (χ1n) is 4.16. The molecule has 1 aliphatic heterocycles. The largest absolute Gasteiger partial charge is 0.344 e. The summed E-state index contributed by atoms with van der Waals surface area (Å²) in [5.74, 6) is 0. The van der Waals surface area contributed by atoms with Crippen LogP contribution in [0.3, 0.4) is 0 Å². The second-order valence-electron chi connectivity index (χ2n) is 2.86. The SMILES string of the molecule is C=NCOCN1CCCCC1. The molecule has 1 aliphatic rings. The fourth-order valence-corrected chi connectivity index (χ4v) is 1.32. The Labute approximate surface area is 68.1 Å². The Morgan fingerprint density at radius 3 is 2.64 bits per heavy atom. The summed E-state index contributed by atoms with van der Waals surface area (Å²) < 4.78 is 5.22. The third kappa shape index (κ3) is 3.49. The van der Waals surface area contributed by atoms with Crippen LogP contribution in [0.5, 0.6) is 0 Å². The summed E-state index contributed by atoms with van der Waals surface area (Å²) in [5, 5.41) is 0. The third-order valence-electron chi connectivity index (χ3n) is 1.91. The van der Waals surface area contributed by atoms with Gasteiger partial charge in [0.1, 0.15) is 13.5 Å². The maximum Gasteiger partial charge on any atom is 0.138 e. The summed E-state index contributed by atoms with van der Waals surface area (Å²) in [6.45, 7) is 6.85. The van der Waals surface area contributed by atoms with E-state index in [1.807, 2.05) is 0 Å². The average molecular weight is 156 g/mol. The van der Waals surface area contributed by atoms with Gasteiger partial charge in [-0.25, -0.2) is 0 Å². The minimum absolute atomic E-state index is 0.427. The molecule has 0 aromatic carbocycles. The molecule has 1 saturated heterocycles. The lowest BCUT2D eigenvalue weighted by Gasteiger charge is -2.25. The van der Waals surface area contributed by atoms with E-state index in [9.17, 15) is 0 Å². The van der Waals surface area contributed by atoms with Crippen LogP contribution >= 0.6 is 0 Å². The number of hydrogen-bond acceptors (Lipinski definition) is 3. The van der Waals surface area contributed by atoms with Gasteiger partial charge in [0.15, 0.2) is 0 Å². The Morgan fingerprint density at radius 2 is 2.00 bits per heavy atom. The van der Waals surface area contributed by atoms with Crippen LogP contribution in [0, 0.1) is 0 Å². The zero-order chi connectivity index (χ0) is 7.94. The van der Waals surface area contributed by atoms with Gasteiger partial charge in [-0.05, 0) is 19.6 Å². The predicted molar refractivity (Wildman–Crippen MR) is 45.8 cm³/mol. The van der Waals surface area contributed by atoms with Crippen molar-refractivity contribution < 1.29 is 4.74 Å². The van der Waals surface area contributed by atoms with E-state index in [-0.39, 0.29) is 0 Å². The number of aliphatic imine (C=N–C) groups is 1. The van der Waals surface area contributed by atoms with Crippen molar-refractivity contribution in [2.75, 3.05) is 26.6 Å². The molecular formula is C8H16N2O. The smallest absolute Gasteiger partial charge is 0.138 e. The normalized spacial score (nSPS) is 20.0. The van der Waals surface area contributed by atoms with Gasteiger partial charge in [-0.1, -0.05) is 6.42 Å². The van der Waals surface area contributed by atoms with E-state index in [2.05, 4.69) is 16.6 Å². The molecule has 0 N–H and O–H groups in total. The third-order valence-corrected chi connectivity index (χ3v) is 1.91. The van der Waals surface area contributed by atoms with Crippen molar-refractivity contribution in [3.63, 3.8) is 0 Å². The maximum absolute atomic E-state index is 5.22. The molecule has 3 heteroatoms. The maximum atomic E-state index is 5.22. The number of ether oxygens (including phenoxy) is 1. The minimum atomic E-state index is 0.427. The summed E-state index contributed by atoms with van der Waals surface area (Å²) in [7, 11) is 0. The zero-order valence-corrected chi connectivity index (χ0v) is 6.96. The quantitative estimate of drug-likeness (QED) is 0.450. The van der Waals surface area contributed by atoms with Crippen molar-refractivity contribution in [1.29, 1.82) is 0 Å². The lowest BCUT2D eigenvalue weighted by Crippen LogP contribution is -2.31. The van der Waals surface area contributed by atoms with Gasteiger partial charge in [-0.15, -0.1) is 0 Å². The van der Waals surface area contributed by atoms with Crippen molar-refractivity contribution in [2.24, 2.45) is 4.99 Å². The van der Waals surface area contributed by atoms with E-state index >= 15 is 0 Å². The van der Waals surface area contributed by atoms with Gasteiger partial charge in [-0.3, -0.25) is 9.89 Å². The topological polar surface area (TPSA) is 24.8 Å². The molecule has 0 radical (unpaired) electrons. The summed E-state index contributed by atoms with van der Waals surface area (Å²) >= 11 is 0. The lowest BCUT2D eigenvalue weighted by molar-refractivity contribution is 0.0231. The molecule has 64 valence electrons. The molecule has 0 aromatic rings. The van der Waals surface area contributed by atoms with Gasteiger partial charge in [-0.2, -0.15) is 0 Å². The molecule has 0 saturated carbocycles. The Balaban J connectivity index is 2.00. The van der Waals surface area contributed by atoms with Crippen molar-refractivity contribution >= 4 is 6.72 Å². The van der Waals surface area contributed by atoms with Gasteiger partial charge in [0.25, 0.3) is 0 Å². The molecule has 0 unspecified atom stereocenters. The summed E-state index contributed by atoms with van der Waals surface area (Å²) in [4.78, 5) is 5.94. The molecule has 0 bridgehead atoms. The van der Waals surface area contributed by atoms with Crippen LogP contribution in [0.25, 0.3) is 0 Å². The van der Waals surface area contributed by atoms with Gasteiger partial charge in [0.2, 0.25) is 0 Å². The van der Waals surface area contributed by atoms with Crippen LogP contribution in [-0.2, 0) is 4.74 Å². The van der Waals surface area contributed by atoms with E-state index in [0.717, 1.165) is 6.73 Å². The lowest BCUT2D eigenvalue weighted by atomic mass is 10.1. The predicted octanol–water partition coefficient (Wildman–Crippen LogP) is 1.10. The highest BCUT2D eigenvalue weighted by atomic mass is 16.5. The van der Waals surface area contributed by atoms with Crippen molar-refractivity contribution in [3.05, 3.63) is 0 Å². The highest BCUT2D eigenvalue weighted by molar-refractivity contribution is 5.22. The van der Waals surface area contributed by atoms with Crippen LogP contribution in [0.4, 0.5) is 0 Å². The Morgan fingerprint density at radius 1 is 1.27 bits per heavy atom. The van der Waals surface area contributed by atoms with E-state index in [0.29, 0.717) is 6.73 Å². The summed E-state index contributed by atoms with van der Waals surface area (Å²) in [6, 6.07) is 0. The van der Waals surface area contributed by atoms with E-state index in [1.165, 1.54) is 32.4 Å². The van der Waals surface area contributed by atoms with Gasteiger partial charge in [0, 0.05) is 13.1 Å². The highest BCUT2D eigenvalue weighted by Crippen LogP contribution is 2.07. The van der Waals surface area contributed by atoms with E-state index in [1.54, 1.807) is 0 Å². The Bertz CT molecular complexity index is 111. The molecule has 1 fully saturated rings. The van der Waals surface area contributed by atoms with Crippen LogP contribution in [0.15, 0.2) is 4.99 Å². The minimum Gasteiger partial charge on any atom is -0.344 e. The molecule has 1 rings (SSSR count). The molecular weight excluding hydrogens is 140 g/mol. The molecule has 1 heterocycles. The number of hydrogen-bond donors (Lipinski definition) is 0. The molecule has 11 heavy (non-hydrogen) atoms. The zero-order valence-electron chi connectivity index (χ0n) is 6.96. The second-order valence-corrected chi connectivity index (χ2v) is 2.86. The van der Waals surface area contributed by atoms with Crippen LogP contribution < -0.4 is 0 Å². The standard InChI is InChI=1S/C8H16N2O/c1-9-7-11-8-10-5-3-2-4-6-10/h1-8H2. The summed E-state index contributed by atoms with van der Waals surface area (Å²) in [6.07, 6.45) is 3.99. The van der Waals surface area contributed by atoms with Crippen molar-refractivity contribution in [2.45, 2.75) is 19.3 Å². The molecule has 3 nitrogen and oxygen atoms in total. The Kier molecular flexibility index (Phi) is 4.16. The van der Waals surface area contributed by atoms with Crippen molar-refractivity contribution in [3.8, 4) is 0 Å². The average Bonchev–Trinajstić information content (AvgIpc) is 2.07. The molecule has 0 spiro atoms. The highest BCUT2D eigenvalue weighted by Gasteiger charge is 2.08. The fourth-order valence-electron chi connectivity index (χ4n) is 1.32. The molecule has 0 aromatic heterocycles. The fraction of sp³-hybridized carbons (Fsp3) is 0.875. The molecule has 0 aliphatic carbocycles. The van der Waals surface area contributed by atoms with Gasteiger partial charge < -0.3 is 4.74 Å². The Hall–Kier alpha value is -0.410. The number of rotatable bonds is 4. The first-order chi connectivity index (χ1) is 5.43. The monoisotopic (exact) mass is 156 g/mol. The van der Waals surface area contributed by atoms with Crippen LogP contribution in [0.1, 0.15) is 19.3 Å². The molecule has 0 amide bonds. The van der Waals surface area contributed by atoms with Gasteiger partial charge >= 0.3 is 0 Å². The van der Waals surface area contributed by atoms with Crippen molar-refractivity contribution in [1.82, 2.24) is 4.90 Å². The number of nitrogens with zero attached hydrogens (tertiary/aromatic N) is 2. The van der Waals surface area contributed by atoms with E-state index in [4.69, 9.17) is 4.74 Å². The summed E-state index contributed by atoms with van der Waals surface area (Å²) in [5.41, 5.74) is 0. The van der Waals surface area contributed by atoms with Crippen LogP contribution in [0.2, 0.25) is 0 Å². The first-order valence-corrected chi connectivity index (χ1v) is 4.16. The number of likely N-dealkylation sites (tertiary alicyclic amines) is 1. The second kappa shape index (κ2) is 5.27. The number of piperidine rings is 1. The van der Waals surface area contributed by atoms with E-state index < -0.39 is 0 Å².